The Balaban J connectivity index is 2.22. The lowest BCUT2D eigenvalue weighted by atomic mass is 10.1. The van der Waals surface area contributed by atoms with Gasteiger partial charge in [0.05, 0.1) is 30.1 Å². The van der Waals surface area contributed by atoms with Gasteiger partial charge in [-0.3, -0.25) is 0 Å². The van der Waals surface area contributed by atoms with Gasteiger partial charge in [0.1, 0.15) is 22.3 Å². The van der Waals surface area contributed by atoms with E-state index in [1.54, 1.807) is 0 Å². The third kappa shape index (κ3) is 6.47. The second-order valence-electron chi connectivity index (χ2n) is 5.92. The fourth-order valence-electron chi connectivity index (χ4n) is 2.33. The standard InChI is InChI=1S/C18H22F2N6O3S2/c1-9(11-7-14(22-3)13(20)8-12(11)19)24-17(29-4)15-16(21)26-18(30-15)25-10(2)23-5-6-31(27)28/h7-8,22-23H,1-2,5-6,21H2,3-4H3,(H,25,26)(H,27,28). The van der Waals surface area contributed by atoms with E-state index in [9.17, 15) is 13.0 Å². The quantitative estimate of drug-likeness (QED) is 0.202. The predicted octanol–water partition coefficient (Wildman–Crippen LogP) is 2.80. The summed E-state index contributed by atoms with van der Waals surface area (Å²) in [6, 6.07) is 1.99. The van der Waals surface area contributed by atoms with E-state index in [-0.39, 0.29) is 41.0 Å². The molecule has 0 aliphatic rings. The number of methoxy groups -OCH3 is 1. The molecule has 1 heterocycles. The van der Waals surface area contributed by atoms with Crippen molar-refractivity contribution in [1.29, 1.82) is 0 Å². The molecule has 1 aromatic heterocycles. The Morgan fingerprint density at radius 3 is 2.71 bits per heavy atom. The van der Waals surface area contributed by atoms with E-state index in [4.69, 9.17) is 15.0 Å². The molecule has 13 heteroatoms. The van der Waals surface area contributed by atoms with Crippen molar-refractivity contribution in [2.75, 3.05) is 42.8 Å². The molecule has 168 valence electrons. The fourth-order valence-corrected chi connectivity index (χ4v) is 3.49. The third-order valence-electron chi connectivity index (χ3n) is 3.79. The van der Waals surface area contributed by atoms with Crippen molar-refractivity contribution in [3.05, 3.63) is 53.2 Å². The zero-order valence-corrected chi connectivity index (χ0v) is 18.4. The number of nitrogens with zero attached hydrogens (tertiary/aromatic N) is 2. The Labute approximate surface area is 184 Å². The Morgan fingerprint density at radius 1 is 1.39 bits per heavy atom. The zero-order valence-electron chi connectivity index (χ0n) is 16.8. The van der Waals surface area contributed by atoms with Crippen molar-refractivity contribution in [2.24, 2.45) is 4.99 Å². The number of hydrogen-bond donors (Lipinski definition) is 5. The molecule has 0 bridgehead atoms. The number of aliphatic imine (C=N–C) groups is 1. The Kier molecular flexibility index (Phi) is 8.47. The fraction of sp³-hybridized carbons (Fsp3) is 0.222. The summed E-state index contributed by atoms with van der Waals surface area (Å²) in [6.07, 6.45) is 0. The minimum Gasteiger partial charge on any atom is -0.480 e. The molecule has 0 aliphatic carbocycles. The molecule has 31 heavy (non-hydrogen) atoms. The second kappa shape index (κ2) is 10.8. The van der Waals surface area contributed by atoms with Gasteiger partial charge in [-0.25, -0.2) is 23.0 Å². The largest absolute Gasteiger partial charge is 0.480 e. The van der Waals surface area contributed by atoms with E-state index >= 15 is 0 Å². The molecule has 1 aromatic carbocycles. The van der Waals surface area contributed by atoms with E-state index in [0.717, 1.165) is 17.4 Å². The number of nitrogens with one attached hydrogen (secondary N) is 3. The van der Waals surface area contributed by atoms with E-state index < -0.39 is 22.7 Å². The highest BCUT2D eigenvalue weighted by Crippen LogP contribution is 2.29. The van der Waals surface area contributed by atoms with Crippen LogP contribution in [0.15, 0.2) is 36.1 Å². The number of hydrogen-bond acceptors (Lipinski definition) is 9. The van der Waals surface area contributed by atoms with Gasteiger partial charge >= 0.3 is 0 Å². The van der Waals surface area contributed by atoms with Crippen molar-refractivity contribution >= 4 is 50.6 Å². The van der Waals surface area contributed by atoms with Gasteiger partial charge < -0.3 is 31.0 Å². The molecule has 0 fully saturated rings. The summed E-state index contributed by atoms with van der Waals surface area (Å²) in [6.45, 7) is 7.71. The van der Waals surface area contributed by atoms with Crippen molar-refractivity contribution in [2.45, 2.75) is 0 Å². The number of nitrogens with two attached hydrogens (primary N) is 1. The Hall–Kier alpha value is -3.03. The topological polar surface area (TPSA) is 134 Å². The number of nitrogen functional groups attached to an aromatic ring is 1. The highest BCUT2D eigenvalue weighted by Gasteiger charge is 2.18. The van der Waals surface area contributed by atoms with Gasteiger partial charge in [-0.1, -0.05) is 24.5 Å². The summed E-state index contributed by atoms with van der Waals surface area (Å²) >= 11 is -0.828. The molecule has 2 aromatic rings. The van der Waals surface area contributed by atoms with Gasteiger partial charge in [0.15, 0.2) is 16.2 Å². The van der Waals surface area contributed by atoms with E-state index in [1.165, 1.54) is 20.2 Å². The maximum atomic E-state index is 14.2. The van der Waals surface area contributed by atoms with Crippen LogP contribution in [-0.4, -0.2) is 46.1 Å². The number of ether oxygens (including phenoxy) is 1. The average molecular weight is 473 g/mol. The van der Waals surface area contributed by atoms with Gasteiger partial charge in [-0.05, 0) is 6.07 Å². The third-order valence-corrected chi connectivity index (χ3v) is 5.32. The highest BCUT2D eigenvalue weighted by molar-refractivity contribution is 7.79. The summed E-state index contributed by atoms with van der Waals surface area (Å²) < 4.78 is 52.6. The molecule has 0 saturated heterocycles. The summed E-state index contributed by atoms with van der Waals surface area (Å²) in [4.78, 5) is 8.70. The first-order valence-corrected chi connectivity index (χ1v) is 10.8. The number of halogens is 2. The molecule has 1 atom stereocenters. The van der Waals surface area contributed by atoms with E-state index in [0.29, 0.717) is 15.8 Å². The minimum absolute atomic E-state index is 0.00348. The van der Waals surface area contributed by atoms with Gasteiger partial charge in [0.25, 0.3) is 0 Å². The van der Waals surface area contributed by atoms with Crippen molar-refractivity contribution < 1.29 is 22.3 Å². The molecule has 2 rings (SSSR count). The number of rotatable bonds is 10. The van der Waals surface area contributed by atoms with Gasteiger partial charge in [0.2, 0.25) is 5.90 Å². The van der Waals surface area contributed by atoms with Crippen LogP contribution in [-0.2, 0) is 15.8 Å². The van der Waals surface area contributed by atoms with E-state index in [1.807, 2.05) is 0 Å². The van der Waals surface area contributed by atoms with Gasteiger partial charge in [-0.15, -0.1) is 0 Å². The van der Waals surface area contributed by atoms with Crippen molar-refractivity contribution in [3.63, 3.8) is 0 Å². The number of aromatic nitrogens is 1. The van der Waals surface area contributed by atoms with Gasteiger partial charge in [-0.2, -0.15) is 0 Å². The smallest absolute Gasteiger partial charge is 0.235 e. The second-order valence-corrected chi connectivity index (χ2v) is 7.97. The summed E-state index contributed by atoms with van der Waals surface area (Å²) in [5.74, 6) is -1.05. The van der Waals surface area contributed by atoms with Crippen LogP contribution in [0.2, 0.25) is 0 Å². The minimum atomic E-state index is -1.92. The summed E-state index contributed by atoms with van der Waals surface area (Å²) in [7, 11) is 2.86. The normalized spacial score (nSPS) is 12.2. The lowest BCUT2D eigenvalue weighted by Crippen LogP contribution is -2.23. The van der Waals surface area contributed by atoms with Crippen LogP contribution in [0.4, 0.5) is 25.4 Å². The molecule has 0 radical (unpaired) electrons. The van der Waals surface area contributed by atoms with Crippen LogP contribution < -0.4 is 21.7 Å². The maximum Gasteiger partial charge on any atom is 0.235 e. The summed E-state index contributed by atoms with van der Waals surface area (Å²) in [5.41, 5.74) is 6.03. The maximum absolute atomic E-state index is 14.2. The summed E-state index contributed by atoms with van der Waals surface area (Å²) in [5, 5.41) is 8.67. The van der Waals surface area contributed by atoms with Crippen LogP contribution >= 0.6 is 11.3 Å². The molecular weight excluding hydrogens is 450 g/mol. The van der Waals surface area contributed by atoms with Gasteiger partial charge in [0, 0.05) is 25.2 Å². The molecular formula is C18H22F2N6O3S2. The van der Waals surface area contributed by atoms with Crippen molar-refractivity contribution in [1.82, 2.24) is 10.3 Å². The molecule has 0 saturated carbocycles. The lowest BCUT2D eigenvalue weighted by molar-refractivity contribution is 0.406. The molecule has 0 amide bonds. The molecule has 9 nitrogen and oxygen atoms in total. The predicted molar refractivity (Wildman–Crippen MR) is 121 cm³/mol. The van der Waals surface area contributed by atoms with Crippen LogP contribution in [0, 0.1) is 11.6 Å². The molecule has 0 aliphatic heterocycles. The zero-order chi connectivity index (χ0) is 23.1. The molecule has 1 unspecified atom stereocenters. The first-order valence-electron chi connectivity index (χ1n) is 8.68. The van der Waals surface area contributed by atoms with Crippen LogP contribution in [0.5, 0.6) is 0 Å². The molecule has 0 spiro atoms. The van der Waals surface area contributed by atoms with Crippen molar-refractivity contribution in [3.8, 4) is 0 Å². The highest BCUT2D eigenvalue weighted by atomic mass is 32.2. The van der Waals surface area contributed by atoms with Crippen LogP contribution in [0.3, 0.4) is 0 Å². The number of benzene rings is 1. The Morgan fingerprint density at radius 2 is 2.10 bits per heavy atom. The molecule has 6 N–H and O–H groups in total. The van der Waals surface area contributed by atoms with E-state index in [2.05, 4.69) is 39.1 Å². The average Bonchev–Trinajstić information content (AvgIpc) is 3.05. The van der Waals surface area contributed by atoms with Crippen LogP contribution in [0.25, 0.3) is 5.70 Å². The number of anilines is 3. The van der Waals surface area contributed by atoms with Crippen LogP contribution in [0.1, 0.15) is 10.4 Å². The Bertz CT molecular complexity index is 1040. The number of thiazole rings is 1. The first kappa shape index (κ1) is 24.2. The monoisotopic (exact) mass is 472 g/mol. The first-order chi connectivity index (χ1) is 14.7. The SMILES string of the molecule is C=C(NCCS(=O)O)Nc1nc(N)c(C(=NC(=C)c2cc(NC)c(F)cc2F)OC)s1. The lowest BCUT2D eigenvalue weighted by Gasteiger charge is -2.09.